The Bertz CT molecular complexity index is 1100. The summed E-state index contributed by atoms with van der Waals surface area (Å²) in [7, 11) is 1.60. The van der Waals surface area contributed by atoms with E-state index in [9.17, 15) is 25.2 Å². The molecule has 0 bridgehead atoms. The van der Waals surface area contributed by atoms with Gasteiger partial charge in [0.1, 0.15) is 30.5 Å². The summed E-state index contributed by atoms with van der Waals surface area (Å²) in [5.41, 5.74) is 3.09. The van der Waals surface area contributed by atoms with Gasteiger partial charge < -0.3 is 30.5 Å². The first-order valence-electron chi connectivity index (χ1n) is 10.1. The van der Waals surface area contributed by atoms with Crippen molar-refractivity contribution in [3.8, 4) is 11.1 Å². The fourth-order valence-corrected chi connectivity index (χ4v) is 3.98. The van der Waals surface area contributed by atoms with Crippen molar-refractivity contribution in [2.45, 2.75) is 30.5 Å². The smallest absolute Gasteiger partial charge is 0.251 e. The van der Waals surface area contributed by atoms with Crippen molar-refractivity contribution in [1.29, 1.82) is 0 Å². The Morgan fingerprint density at radius 1 is 0.903 bits per heavy atom. The van der Waals surface area contributed by atoms with Crippen molar-refractivity contribution < 1.29 is 30.0 Å². The Morgan fingerprint density at radius 3 is 2.35 bits per heavy atom. The van der Waals surface area contributed by atoms with Crippen molar-refractivity contribution in [3.05, 3.63) is 71.8 Å². The molecular weight excluding hydrogens is 398 g/mol. The van der Waals surface area contributed by atoms with Gasteiger partial charge in [-0.2, -0.15) is 0 Å². The summed E-state index contributed by atoms with van der Waals surface area (Å²) in [6.45, 7) is -0.465. The van der Waals surface area contributed by atoms with E-state index in [0.717, 1.165) is 21.9 Å². The second-order valence-electron chi connectivity index (χ2n) is 7.73. The lowest BCUT2D eigenvalue weighted by Crippen LogP contribution is -2.55. The zero-order chi connectivity index (χ0) is 22.1. The molecule has 31 heavy (non-hydrogen) atoms. The maximum absolute atomic E-state index is 11.9. The number of fused-ring (bicyclic) bond motifs is 1. The number of aliphatic hydroxyl groups is 4. The summed E-state index contributed by atoms with van der Waals surface area (Å²) in [6.07, 6.45) is -5.94. The van der Waals surface area contributed by atoms with Crippen LogP contribution in [-0.2, 0) is 4.74 Å². The molecule has 3 aromatic rings. The molecule has 0 aliphatic carbocycles. The van der Waals surface area contributed by atoms with Crippen LogP contribution in [0.1, 0.15) is 22.0 Å². The van der Waals surface area contributed by atoms with Gasteiger partial charge in [-0.15, -0.1) is 0 Å². The normalized spacial score (nSPS) is 26.0. The molecule has 0 spiro atoms. The average Bonchev–Trinajstić information content (AvgIpc) is 2.81. The highest BCUT2D eigenvalue weighted by Crippen LogP contribution is 2.34. The number of amides is 1. The van der Waals surface area contributed by atoms with Crippen molar-refractivity contribution >= 4 is 16.7 Å². The summed E-state index contributed by atoms with van der Waals surface area (Å²) in [6, 6.07) is 18.8. The number of benzene rings is 3. The van der Waals surface area contributed by atoms with Gasteiger partial charge in [0.05, 0.1) is 6.61 Å². The van der Waals surface area contributed by atoms with E-state index < -0.39 is 37.1 Å². The molecule has 0 saturated carbocycles. The highest BCUT2D eigenvalue weighted by atomic mass is 16.5. The minimum absolute atomic E-state index is 0.146. The summed E-state index contributed by atoms with van der Waals surface area (Å²) in [5.74, 6) is -0.146. The van der Waals surface area contributed by atoms with Gasteiger partial charge in [0.15, 0.2) is 0 Å². The van der Waals surface area contributed by atoms with E-state index >= 15 is 0 Å². The monoisotopic (exact) mass is 423 g/mol. The molecule has 1 aliphatic heterocycles. The van der Waals surface area contributed by atoms with Crippen LogP contribution in [0.5, 0.6) is 0 Å². The number of carbonyl (C=O) groups excluding carboxylic acids is 1. The van der Waals surface area contributed by atoms with Gasteiger partial charge in [-0.25, -0.2) is 0 Å². The number of aliphatic hydroxyl groups excluding tert-OH is 4. The molecule has 7 heteroatoms. The molecule has 0 radical (unpaired) electrons. The minimum atomic E-state index is -1.42. The second kappa shape index (κ2) is 8.74. The molecule has 3 aromatic carbocycles. The molecule has 162 valence electrons. The van der Waals surface area contributed by atoms with Gasteiger partial charge in [-0.05, 0) is 51.7 Å². The molecule has 5 N–H and O–H groups in total. The number of hydrogen-bond acceptors (Lipinski definition) is 6. The van der Waals surface area contributed by atoms with Crippen LogP contribution in [0.3, 0.4) is 0 Å². The van der Waals surface area contributed by atoms with Crippen LogP contribution in [0.4, 0.5) is 0 Å². The first kappa shape index (κ1) is 21.4. The fraction of sp³-hybridized carbons (Fsp3) is 0.292. The topological polar surface area (TPSA) is 119 Å². The number of nitrogens with one attached hydrogen (secondary N) is 1. The fourth-order valence-electron chi connectivity index (χ4n) is 3.98. The molecule has 4 rings (SSSR count). The van der Waals surface area contributed by atoms with Crippen molar-refractivity contribution in [2.24, 2.45) is 0 Å². The molecule has 7 nitrogen and oxygen atoms in total. The summed E-state index contributed by atoms with van der Waals surface area (Å²) < 4.78 is 5.66. The molecular formula is C24H25NO6. The molecule has 5 atom stereocenters. The molecule has 1 aliphatic rings. The van der Waals surface area contributed by atoms with E-state index in [1.807, 2.05) is 48.5 Å². The van der Waals surface area contributed by atoms with E-state index in [1.165, 1.54) is 0 Å². The minimum Gasteiger partial charge on any atom is -0.394 e. The lowest BCUT2D eigenvalue weighted by molar-refractivity contribution is -0.231. The Hall–Kier alpha value is -2.81. The van der Waals surface area contributed by atoms with Gasteiger partial charge in [0, 0.05) is 12.6 Å². The van der Waals surface area contributed by atoms with Crippen LogP contribution < -0.4 is 5.32 Å². The Morgan fingerprint density at radius 2 is 1.61 bits per heavy atom. The van der Waals surface area contributed by atoms with Gasteiger partial charge in [-0.1, -0.05) is 36.4 Å². The molecule has 1 heterocycles. The van der Waals surface area contributed by atoms with E-state index in [1.54, 1.807) is 19.2 Å². The Labute approximate surface area is 179 Å². The summed E-state index contributed by atoms with van der Waals surface area (Å²) in [4.78, 5) is 11.9. The van der Waals surface area contributed by atoms with Crippen molar-refractivity contribution in [1.82, 2.24) is 5.32 Å². The number of hydrogen-bond donors (Lipinski definition) is 5. The van der Waals surface area contributed by atoms with E-state index in [0.29, 0.717) is 11.1 Å². The van der Waals surface area contributed by atoms with Gasteiger partial charge >= 0.3 is 0 Å². The van der Waals surface area contributed by atoms with E-state index in [2.05, 4.69) is 5.32 Å². The lowest BCUT2D eigenvalue weighted by Gasteiger charge is -2.40. The maximum Gasteiger partial charge on any atom is 0.251 e. The number of ether oxygens (including phenoxy) is 1. The Kier molecular flexibility index (Phi) is 6.04. The van der Waals surface area contributed by atoms with Crippen LogP contribution in [0.2, 0.25) is 0 Å². The van der Waals surface area contributed by atoms with Gasteiger partial charge in [0.2, 0.25) is 0 Å². The van der Waals surface area contributed by atoms with Gasteiger partial charge in [-0.3, -0.25) is 4.79 Å². The maximum atomic E-state index is 11.9. The molecule has 1 fully saturated rings. The standard InChI is InChI=1S/C24H25NO6/c1-25-24(30)18-4-2-3-13(11-18)14-5-6-16-10-17(8-7-15(16)9-14)23-22(29)21(28)20(27)19(12-26)31-23/h2-11,19-23,26-29H,12H2,1H3,(H,25,30)/t19-,20-,21+,22+,23-/m1/s1. The average molecular weight is 423 g/mol. The van der Waals surface area contributed by atoms with Crippen molar-refractivity contribution in [3.63, 3.8) is 0 Å². The first-order chi connectivity index (χ1) is 14.9. The molecule has 1 amide bonds. The van der Waals surface area contributed by atoms with Crippen LogP contribution in [-0.4, -0.2) is 64.4 Å². The molecule has 1 saturated heterocycles. The van der Waals surface area contributed by atoms with Crippen LogP contribution in [0.15, 0.2) is 60.7 Å². The molecule has 0 aromatic heterocycles. The molecule has 0 unspecified atom stereocenters. The van der Waals surface area contributed by atoms with Gasteiger partial charge in [0.25, 0.3) is 5.91 Å². The number of rotatable bonds is 4. The zero-order valence-corrected chi connectivity index (χ0v) is 17.0. The largest absolute Gasteiger partial charge is 0.394 e. The van der Waals surface area contributed by atoms with Crippen LogP contribution >= 0.6 is 0 Å². The predicted molar refractivity (Wildman–Crippen MR) is 115 cm³/mol. The summed E-state index contributed by atoms with van der Waals surface area (Å²) >= 11 is 0. The van der Waals surface area contributed by atoms with Crippen LogP contribution in [0, 0.1) is 0 Å². The van der Waals surface area contributed by atoms with E-state index in [4.69, 9.17) is 4.74 Å². The third-order valence-corrected chi connectivity index (χ3v) is 5.77. The SMILES string of the molecule is CNC(=O)c1cccc(-c2ccc3cc([C@H]4O[C@H](CO)[C@@H](O)[C@H](O)[C@@H]4O)ccc3c2)c1. The van der Waals surface area contributed by atoms with E-state index in [-0.39, 0.29) is 5.91 Å². The quantitative estimate of drug-likeness (QED) is 0.433. The van der Waals surface area contributed by atoms with Crippen LogP contribution in [0.25, 0.3) is 21.9 Å². The third-order valence-electron chi connectivity index (χ3n) is 5.77. The second-order valence-corrected chi connectivity index (χ2v) is 7.73. The van der Waals surface area contributed by atoms with Crippen molar-refractivity contribution in [2.75, 3.05) is 13.7 Å². The highest BCUT2D eigenvalue weighted by molar-refractivity contribution is 5.96. The predicted octanol–water partition coefficient (Wildman–Crippen LogP) is 1.38. The highest BCUT2D eigenvalue weighted by Gasteiger charge is 2.43. The summed E-state index contributed by atoms with van der Waals surface area (Å²) in [5, 5.41) is 44.3. The first-order valence-corrected chi connectivity index (χ1v) is 10.1. The lowest BCUT2D eigenvalue weighted by atomic mass is 9.90. The Balaban J connectivity index is 1.65. The number of carbonyl (C=O) groups is 1. The zero-order valence-electron chi connectivity index (χ0n) is 17.0. The third kappa shape index (κ3) is 4.06.